The molecule has 0 radical (unpaired) electrons. The third-order valence-corrected chi connectivity index (χ3v) is 4.65. The summed E-state index contributed by atoms with van der Waals surface area (Å²) in [6.45, 7) is 2.08. The van der Waals surface area contributed by atoms with E-state index >= 15 is 0 Å². The minimum absolute atomic E-state index is 0.0378. The number of fused-ring (bicyclic) bond motifs is 1. The smallest absolute Gasteiger partial charge is 0.231 e. The zero-order valence-corrected chi connectivity index (χ0v) is 14.7. The maximum absolute atomic E-state index is 12.1. The summed E-state index contributed by atoms with van der Waals surface area (Å²) in [5.74, 6) is 3.48. The highest BCUT2D eigenvalue weighted by atomic mass is 16.7. The molecule has 26 heavy (non-hydrogen) atoms. The fraction of sp³-hybridized carbons (Fsp3) is 0.500. The molecule has 0 atom stereocenters. The minimum Gasteiger partial charge on any atom is -0.490 e. The van der Waals surface area contributed by atoms with Crippen molar-refractivity contribution < 1.29 is 19.0 Å². The SMILES string of the molecule is Cc1nc(CC(=O)NC2CCC(Oc3ccc4c(c3)OCO4)CC2)n[nH]1. The van der Waals surface area contributed by atoms with Gasteiger partial charge in [0.1, 0.15) is 11.6 Å². The van der Waals surface area contributed by atoms with Crippen molar-refractivity contribution >= 4 is 5.91 Å². The van der Waals surface area contributed by atoms with E-state index in [1.165, 1.54) is 0 Å². The first-order valence-corrected chi connectivity index (χ1v) is 8.89. The maximum atomic E-state index is 12.1. The molecule has 1 aromatic heterocycles. The highest BCUT2D eigenvalue weighted by molar-refractivity contribution is 5.78. The number of ether oxygens (including phenoxy) is 3. The van der Waals surface area contributed by atoms with E-state index in [2.05, 4.69) is 20.5 Å². The van der Waals surface area contributed by atoms with Crippen molar-refractivity contribution in [2.75, 3.05) is 6.79 Å². The van der Waals surface area contributed by atoms with Gasteiger partial charge in [0.25, 0.3) is 0 Å². The number of nitrogens with zero attached hydrogens (tertiary/aromatic N) is 2. The van der Waals surface area contributed by atoms with Crippen LogP contribution in [0.4, 0.5) is 0 Å². The zero-order valence-electron chi connectivity index (χ0n) is 14.7. The fourth-order valence-electron chi connectivity index (χ4n) is 3.36. The molecular weight excluding hydrogens is 336 g/mol. The molecule has 8 nitrogen and oxygen atoms in total. The van der Waals surface area contributed by atoms with Crippen LogP contribution in [0.1, 0.15) is 37.3 Å². The number of carbonyl (C=O) groups excluding carboxylic acids is 1. The fourth-order valence-corrected chi connectivity index (χ4v) is 3.36. The number of hydrogen-bond donors (Lipinski definition) is 2. The molecule has 2 heterocycles. The molecule has 2 N–H and O–H groups in total. The average molecular weight is 358 g/mol. The van der Waals surface area contributed by atoms with E-state index in [9.17, 15) is 4.79 Å². The molecule has 0 unspecified atom stereocenters. The molecule has 1 aliphatic carbocycles. The van der Waals surface area contributed by atoms with Gasteiger partial charge in [-0.2, -0.15) is 5.10 Å². The molecule has 1 aromatic carbocycles. The van der Waals surface area contributed by atoms with Crippen LogP contribution in [0.25, 0.3) is 0 Å². The van der Waals surface area contributed by atoms with E-state index in [0.29, 0.717) is 11.6 Å². The summed E-state index contributed by atoms with van der Waals surface area (Å²) in [5.41, 5.74) is 0. The topological polar surface area (TPSA) is 98.4 Å². The minimum atomic E-state index is -0.0378. The van der Waals surface area contributed by atoms with E-state index in [4.69, 9.17) is 14.2 Å². The monoisotopic (exact) mass is 358 g/mol. The number of carbonyl (C=O) groups is 1. The van der Waals surface area contributed by atoms with Gasteiger partial charge >= 0.3 is 0 Å². The van der Waals surface area contributed by atoms with Crippen LogP contribution in [-0.4, -0.2) is 40.0 Å². The molecule has 0 bridgehead atoms. The molecule has 1 aliphatic heterocycles. The molecule has 1 amide bonds. The van der Waals surface area contributed by atoms with Crippen molar-refractivity contribution in [1.29, 1.82) is 0 Å². The second kappa shape index (κ2) is 7.23. The first kappa shape index (κ1) is 16.7. The summed E-state index contributed by atoms with van der Waals surface area (Å²) in [6.07, 6.45) is 3.96. The number of nitrogens with one attached hydrogen (secondary N) is 2. The van der Waals surface area contributed by atoms with Crippen LogP contribution in [-0.2, 0) is 11.2 Å². The lowest BCUT2D eigenvalue weighted by Crippen LogP contribution is -2.40. The van der Waals surface area contributed by atoms with E-state index in [1.54, 1.807) is 0 Å². The molecule has 1 saturated carbocycles. The van der Waals surface area contributed by atoms with Crippen LogP contribution in [0, 0.1) is 6.92 Å². The summed E-state index contributed by atoms with van der Waals surface area (Å²) in [5, 5.41) is 9.81. The number of aromatic amines is 1. The number of benzene rings is 1. The Bertz CT molecular complexity index is 783. The number of aromatic nitrogens is 3. The van der Waals surface area contributed by atoms with E-state index in [-0.39, 0.29) is 31.3 Å². The molecular formula is C18H22N4O4. The Morgan fingerprint density at radius 1 is 1.27 bits per heavy atom. The zero-order chi connectivity index (χ0) is 17.9. The van der Waals surface area contributed by atoms with Gasteiger partial charge in [-0.1, -0.05) is 0 Å². The molecule has 138 valence electrons. The Morgan fingerprint density at radius 2 is 2.08 bits per heavy atom. The average Bonchev–Trinajstić information content (AvgIpc) is 3.25. The van der Waals surface area contributed by atoms with Gasteiger partial charge < -0.3 is 19.5 Å². The summed E-state index contributed by atoms with van der Waals surface area (Å²) >= 11 is 0. The van der Waals surface area contributed by atoms with Crippen LogP contribution in [0.5, 0.6) is 17.2 Å². The molecule has 0 saturated heterocycles. The number of rotatable bonds is 5. The summed E-state index contributed by atoms with van der Waals surface area (Å²) in [7, 11) is 0. The highest BCUT2D eigenvalue weighted by Crippen LogP contribution is 2.36. The van der Waals surface area contributed by atoms with Gasteiger partial charge in [0, 0.05) is 12.1 Å². The van der Waals surface area contributed by atoms with Gasteiger partial charge in [-0.05, 0) is 44.7 Å². The predicted octanol–water partition coefficient (Wildman–Crippen LogP) is 1.89. The summed E-state index contributed by atoms with van der Waals surface area (Å²) in [4.78, 5) is 16.3. The first-order valence-electron chi connectivity index (χ1n) is 8.89. The van der Waals surface area contributed by atoms with Gasteiger partial charge in [-0.25, -0.2) is 4.98 Å². The van der Waals surface area contributed by atoms with Gasteiger partial charge in [0.15, 0.2) is 17.3 Å². The Kier molecular flexibility index (Phi) is 4.64. The quantitative estimate of drug-likeness (QED) is 0.847. The number of aryl methyl sites for hydroxylation is 1. The van der Waals surface area contributed by atoms with E-state index in [0.717, 1.165) is 42.9 Å². The number of amides is 1. The highest BCUT2D eigenvalue weighted by Gasteiger charge is 2.24. The Balaban J connectivity index is 1.23. The normalized spacial score (nSPS) is 21.4. The maximum Gasteiger partial charge on any atom is 0.231 e. The largest absolute Gasteiger partial charge is 0.490 e. The van der Waals surface area contributed by atoms with E-state index in [1.807, 2.05) is 25.1 Å². The standard InChI is InChI=1S/C18H22N4O4/c1-11-19-17(22-21-11)9-18(23)20-12-2-4-13(5-3-12)26-14-6-7-15-16(8-14)25-10-24-15/h6-8,12-13H,2-5,9-10H2,1H3,(H,20,23)(H,19,21,22). The van der Waals surface area contributed by atoms with Gasteiger partial charge in [0.2, 0.25) is 12.7 Å². The van der Waals surface area contributed by atoms with Crippen molar-refractivity contribution in [3.63, 3.8) is 0 Å². The number of hydrogen-bond acceptors (Lipinski definition) is 6. The lowest BCUT2D eigenvalue weighted by atomic mass is 9.93. The second-order valence-electron chi connectivity index (χ2n) is 6.69. The predicted molar refractivity (Wildman–Crippen MR) is 92.2 cm³/mol. The lowest BCUT2D eigenvalue weighted by Gasteiger charge is -2.29. The molecule has 0 spiro atoms. The van der Waals surface area contributed by atoms with Crippen LogP contribution in [0.3, 0.4) is 0 Å². The van der Waals surface area contributed by atoms with Crippen molar-refractivity contribution in [3.8, 4) is 17.2 Å². The van der Waals surface area contributed by atoms with Gasteiger partial charge in [0.05, 0.1) is 12.5 Å². The third kappa shape index (κ3) is 3.89. The molecule has 1 fully saturated rings. The molecule has 8 heteroatoms. The Labute approximate surface area is 151 Å². The summed E-state index contributed by atoms with van der Waals surface area (Å²) in [6, 6.07) is 5.82. The molecule has 2 aliphatic rings. The van der Waals surface area contributed by atoms with E-state index < -0.39 is 0 Å². The van der Waals surface area contributed by atoms with Crippen LogP contribution in [0.15, 0.2) is 18.2 Å². The van der Waals surface area contributed by atoms with Crippen LogP contribution < -0.4 is 19.5 Å². The van der Waals surface area contributed by atoms with Crippen LogP contribution >= 0.6 is 0 Å². The lowest BCUT2D eigenvalue weighted by molar-refractivity contribution is -0.121. The van der Waals surface area contributed by atoms with Crippen molar-refractivity contribution in [1.82, 2.24) is 20.5 Å². The Hall–Kier alpha value is -2.77. The van der Waals surface area contributed by atoms with Crippen molar-refractivity contribution in [2.24, 2.45) is 0 Å². The van der Waals surface area contributed by atoms with Crippen molar-refractivity contribution in [2.45, 2.75) is 51.2 Å². The Morgan fingerprint density at radius 3 is 2.85 bits per heavy atom. The second-order valence-corrected chi connectivity index (χ2v) is 6.69. The molecule has 2 aromatic rings. The van der Waals surface area contributed by atoms with Gasteiger partial charge in [-0.3, -0.25) is 9.89 Å². The summed E-state index contributed by atoms with van der Waals surface area (Å²) < 4.78 is 16.7. The third-order valence-electron chi connectivity index (χ3n) is 4.65. The first-order chi connectivity index (χ1) is 12.7. The van der Waals surface area contributed by atoms with Gasteiger partial charge in [-0.15, -0.1) is 0 Å². The number of H-pyrrole nitrogens is 1. The van der Waals surface area contributed by atoms with Crippen LogP contribution in [0.2, 0.25) is 0 Å². The molecule has 4 rings (SSSR count). The van der Waals surface area contributed by atoms with Crippen molar-refractivity contribution in [3.05, 3.63) is 29.8 Å².